The van der Waals surface area contributed by atoms with Gasteiger partial charge in [-0.3, -0.25) is 0 Å². The lowest BCUT2D eigenvalue weighted by Crippen LogP contribution is -1.97. The zero-order chi connectivity index (χ0) is 16.4. The Hall–Kier alpha value is -2.23. The Morgan fingerprint density at radius 2 is 1.83 bits per heavy atom. The molecule has 0 radical (unpaired) electrons. The Morgan fingerprint density at radius 3 is 2.48 bits per heavy atom. The van der Waals surface area contributed by atoms with E-state index in [1.54, 1.807) is 7.11 Å². The predicted octanol–water partition coefficient (Wildman–Crippen LogP) is 4.41. The van der Waals surface area contributed by atoms with E-state index in [0.717, 1.165) is 33.3 Å². The van der Waals surface area contributed by atoms with Gasteiger partial charge < -0.3 is 9.84 Å². The van der Waals surface area contributed by atoms with Crippen LogP contribution in [-0.4, -0.2) is 17.2 Å². The maximum absolute atomic E-state index is 9.71. The number of nitrogens with zero attached hydrogens (tertiary/aromatic N) is 1. The number of fused-ring (bicyclic) bond motifs is 1. The smallest absolute Gasteiger partial charge is 0.0793 e. The van der Waals surface area contributed by atoms with E-state index in [4.69, 9.17) is 9.72 Å². The lowest BCUT2D eigenvalue weighted by Gasteiger charge is -2.12. The lowest BCUT2D eigenvalue weighted by molar-refractivity contribution is 0.119. The topological polar surface area (TPSA) is 42.4 Å². The number of hydrogen-bond donors (Lipinski definition) is 1. The third-order valence-corrected chi connectivity index (χ3v) is 4.23. The first-order valence-corrected chi connectivity index (χ1v) is 7.76. The highest BCUT2D eigenvalue weighted by Gasteiger charge is 2.10. The Labute approximate surface area is 136 Å². The number of methoxy groups -OCH3 is 1. The normalized spacial score (nSPS) is 12.5. The molecule has 0 aliphatic heterocycles. The third kappa shape index (κ3) is 3.11. The maximum atomic E-state index is 9.71. The molecule has 0 aliphatic rings. The first-order chi connectivity index (χ1) is 11.1. The van der Waals surface area contributed by atoms with Crippen LogP contribution < -0.4 is 0 Å². The summed E-state index contributed by atoms with van der Waals surface area (Å²) in [5.41, 5.74) is 5.93. The summed E-state index contributed by atoms with van der Waals surface area (Å²) in [7, 11) is 1.70. The molecule has 0 aliphatic carbocycles. The molecule has 1 aromatic heterocycles. The summed E-state index contributed by atoms with van der Waals surface area (Å²) in [6, 6.07) is 16.4. The molecule has 0 unspecified atom stereocenters. The molecule has 1 N–H and O–H groups in total. The van der Waals surface area contributed by atoms with Gasteiger partial charge in [0.05, 0.1) is 23.9 Å². The van der Waals surface area contributed by atoms with Crippen molar-refractivity contribution in [3.63, 3.8) is 0 Å². The minimum atomic E-state index is -0.0254. The average molecular weight is 307 g/mol. The third-order valence-electron chi connectivity index (χ3n) is 4.23. The molecule has 2 aromatic carbocycles. The number of hydrogen-bond acceptors (Lipinski definition) is 3. The fraction of sp³-hybridized carbons (Fsp3) is 0.250. The van der Waals surface area contributed by atoms with Crippen molar-refractivity contribution in [3.8, 4) is 11.3 Å². The van der Waals surface area contributed by atoms with Gasteiger partial charge in [-0.05, 0) is 37.1 Å². The van der Waals surface area contributed by atoms with Crippen LogP contribution in [0.2, 0.25) is 0 Å². The molecule has 0 spiro atoms. The minimum absolute atomic E-state index is 0.0254. The van der Waals surface area contributed by atoms with Crippen molar-refractivity contribution in [2.45, 2.75) is 26.6 Å². The highest BCUT2D eigenvalue weighted by Crippen LogP contribution is 2.28. The highest BCUT2D eigenvalue weighted by molar-refractivity contribution is 5.84. The van der Waals surface area contributed by atoms with Crippen molar-refractivity contribution in [1.82, 2.24) is 4.98 Å². The molecule has 0 bridgehead atoms. The Bertz CT molecular complexity index is 825. The molecule has 3 aromatic rings. The first kappa shape index (κ1) is 15.7. The van der Waals surface area contributed by atoms with Gasteiger partial charge in [0.1, 0.15) is 0 Å². The number of aliphatic hydroxyl groups excluding tert-OH is 1. The fourth-order valence-corrected chi connectivity index (χ4v) is 2.74. The molecule has 1 atom stereocenters. The standard InChI is InChI=1S/C20H21NO2/c1-13-4-5-17-11-18(12-22)20(21-19(17)10-13)16-8-6-15(7-9-16)14(2)23-3/h4-11,14,22H,12H2,1-3H3/t14-/m0/s1. The molecule has 3 rings (SSSR count). The molecule has 0 fully saturated rings. The SMILES string of the molecule is CO[C@@H](C)c1ccc(-c2nc3cc(C)ccc3cc2CO)cc1. The molecule has 0 amide bonds. The summed E-state index contributed by atoms with van der Waals surface area (Å²) in [6.45, 7) is 4.05. The van der Waals surface area contributed by atoms with Gasteiger partial charge in [0.25, 0.3) is 0 Å². The highest BCUT2D eigenvalue weighted by atomic mass is 16.5. The number of ether oxygens (including phenoxy) is 1. The van der Waals surface area contributed by atoms with Crippen LogP contribution in [-0.2, 0) is 11.3 Å². The number of aromatic nitrogens is 1. The number of aliphatic hydroxyl groups is 1. The summed E-state index contributed by atoms with van der Waals surface area (Å²) in [5, 5.41) is 10.8. The van der Waals surface area contributed by atoms with Crippen molar-refractivity contribution in [1.29, 1.82) is 0 Å². The van der Waals surface area contributed by atoms with E-state index < -0.39 is 0 Å². The number of benzene rings is 2. The van der Waals surface area contributed by atoms with Crippen LogP contribution in [0.15, 0.2) is 48.5 Å². The summed E-state index contributed by atoms with van der Waals surface area (Å²) in [6.07, 6.45) is 0.0635. The van der Waals surface area contributed by atoms with E-state index in [-0.39, 0.29) is 12.7 Å². The van der Waals surface area contributed by atoms with E-state index in [1.807, 2.05) is 43.3 Å². The molecular formula is C20H21NO2. The summed E-state index contributed by atoms with van der Waals surface area (Å²) in [4.78, 5) is 4.78. The van der Waals surface area contributed by atoms with Crippen molar-refractivity contribution in [2.75, 3.05) is 7.11 Å². The van der Waals surface area contributed by atoms with Crippen LogP contribution in [0.3, 0.4) is 0 Å². The molecule has 0 saturated heterocycles. The van der Waals surface area contributed by atoms with Crippen LogP contribution >= 0.6 is 0 Å². The second kappa shape index (κ2) is 6.49. The van der Waals surface area contributed by atoms with Crippen LogP contribution in [0.25, 0.3) is 22.2 Å². The molecule has 23 heavy (non-hydrogen) atoms. The quantitative estimate of drug-likeness (QED) is 0.776. The largest absolute Gasteiger partial charge is 0.392 e. The van der Waals surface area contributed by atoms with Crippen molar-refractivity contribution >= 4 is 10.9 Å². The van der Waals surface area contributed by atoms with Crippen LogP contribution in [0.4, 0.5) is 0 Å². The van der Waals surface area contributed by atoms with Crippen LogP contribution in [0, 0.1) is 6.92 Å². The molecule has 3 heteroatoms. The van der Waals surface area contributed by atoms with Crippen molar-refractivity contribution in [3.05, 3.63) is 65.2 Å². The predicted molar refractivity (Wildman–Crippen MR) is 93.3 cm³/mol. The van der Waals surface area contributed by atoms with Gasteiger partial charge in [0.2, 0.25) is 0 Å². The average Bonchev–Trinajstić information content (AvgIpc) is 2.60. The van der Waals surface area contributed by atoms with E-state index in [9.17, 15) is 5.11 Å². The minimum Gasteiger partial charge on any atom is -0.392 e. The monoisotopic (exact) mass is 307 g/mol. The second-order valence-corrected chi connectivity index (χ2v) is 5.85. The van der Waals surface area contributed by atoms with Crippen molar-refractivity contribution < 1.29 is 9.84 Å². The molecule has 1 heterocycles. The number of aryl methyl sites for hydroxylation is 1. The molecule has 118 valence electrons. The number of pyridine rings is 1. The van der Waals surface area contributed by atoms with Crippen molar-refractivity contribution in [2.24, 2.45) is 0 Å². The zero-order valence-corrected chi connectivity index (χ0v) is 13.7. The summed E-state index contributed by atoms with van der Waals surface area (Å²) in [5.74, 6) is 0. The van der Waals surface area contributed by atoms with E-state index in [2.05, 4.69) is 19.1 Å². The Kier molecular flexibility index (Phi) is 4.42. The van der Waals surface area contributed by atoms with Gasteiger partial charge in [0, 0.05) is 23.6 Å². The fourth-order valence-electron chi connectivity index (χ4n) is 2.74. The lowest BCUT2D eigenvalue weighted by atomic mass is 10.0. The molecule has 0 saturated carbocycles. The zero-order valence-electron chi connectivity index (χ0n) is 13.7. The number of rotatable bonds is 4. The summed E-state index contributed by atoms with van der Waals surface area (Å²) >= 11 is 0. The van der Waals surface area contributed by atoms with E-state index in [0.29, 0.717) is 0 Å². The van der Waals surface area contributed by atoms with E-state index in [1.165, 1.54) is 5.56 Å². The Morgan fingerprint density at radius 1 is 1.09 bits per heavy atom. The second-order valence-electron chi connectivity index (χ2n) is 5.85. The molecular weight excluding hydrogens is 286 g/mol. The van der Waals surface area contributed by atoms with Gasteiger partial charge in [0.15, 0.2) is 0 Å². The molecule has 3 nitrogen and oxygen atoms in total. The van der Waals surface area contributed by atoms with Crippen LogP contribution in [0.5, 0.6) is 0 Å². The van der Waals surface area contributed by atoms with Gasteiger partial charge in [-0.1, -0.05) is 36.4 Å². The maximum Gasteiger partial charge on any atom is 0.0793 e. The van der Waals surface area contributed by atoms with Gasteiger partial charge >= 0.3 is 0 Å². The van der Waals surface area contributed by atoms with Crippen LogP contribution in [0.1, 0.15) is 29.7 Å². The van der Waals surface area contributed by atoms with Gasteiger partial charge in [-0.15, -0.1) is 0 Å². The van der Waals surface area contributed by atoms with Gasteiger partial charge in [-0.2, -0.15) is 0 Å². The van der Waals surface area contributed by atoms with Gasteiger partial charge in [-0.25, -0.2) is 4.98 Å². The van der Waals surface area contributed by atoms with E-state index >= 15 is 0 Å². The summed E-state index contributed by atoms with van der Waals surface area (Å²) < 4.78 is 5.34. The Balaban J connectivity index is 2.10. The first-order valence-electron chi connectivity index (χ1n) is 7.76.